The van der Waals surface area contributed by atoms with Crippen LogP contribution in [-0.4, -0.2) is 156 Å². The fourth-order valence-electron chi connectivity index (χ4n) is 7.08. The Morgan fingerprint density at radius 3 is 2.02 bits per heavy atom. The molecule has 20 nitrogen and oxygen atoms in total. The lowest BCUT2D eigenvalue weighted by molar-refractivity contribution is -0.146. The Hall–Kier alpha value is -3.50. The van der Waals surface area contributed by atoms with Crippen LogP contribution in [0.4, 0.5) is 14.4 Å². The standard InChI is InChI=1S/C18H30N4O5.C12H20N4O7S/c1-18(2,3)26-17(25)21-9-5-6-13(11-21)27-19-15(23)14-8-7-12-10-22(14)16(24)20(12)4;17-11(14-22-9-2-1-5-13-6-9)10-4-3-8-7-15(10)12(18)16(8)23-24(19,20)21/h12-14H,5-11H2,1-4H3,(H,19,23);8-10,13H,1-7H2,(H,14,17)(H,19,20,21)/t12-,13+,14+;8-,9+,10+/m11/s1. The minimum atomic E-state index is -4.80. The number of carbonyl (C=O) groups excluding carboxylic acids is 5. The molecule has 0 aromatic heterocycles. The Kier molecular flexibility index (Phi) is 12.2. The summed E-state index contributed by atoms with van der Waals surface area (Å²) in [6.07, 6.45) is 4.70. The van der Waals surface area contributed by atoms with E-state index >= 15 is 0 Å². The van der Waals surface area contributed by atoms with E-state index < -0.39 is 46.1 Å². The maximum Gasteiger partial charge on any atom is 0.418 e. The Labute approximate surface area is 297 Å². The van der Waals surface area contributed by atoms with Crippen LogP contribution in [0.15, 0.2) is 0 Å². The number of likely N-dealkylation sites (N-methyl/N-ethyl adjacent to an activating group) is 1. The third kappa shape index (κ3) is 9.89. The average Bonchev–Trinajstić information content (AvgIpc) is 3.44. The van der Waals surface area contributed by atoms with E-state index in [-0.39, 0.29) is 42.8 Å². The number of urea groups is 2. The predicted molar refractivity (Wildman–Crippen MR) is 175 cm³/mol. The highest BCUT2D eigenvalue weighted by molar-refractivity contribution is 7.80. The Balaban J connectivity index is 0.000000199. The van der Waals surface area contributed by atoms with Gasteiger partial charge in [0.25, 0.3) is 11.8 Å². The first-order chi connectivity index (χ1) is 24.0. The molecule has 6 aliphatic heterocycles. The third-order valence-corrected chi connectivity index (χ3v) is 10.0. The summed E-state index contributed by atoms with van der Waals surface area (Å²) in [6.45, 7) is 8.77. The number of fused-ring (bicyclic) bond motifs is 4. The van der Waals surface area contributed by atoms with E-state index in [1.54, 1.807) is 21.7 Å². The first kappa shape index (κ1) is 38.7. The summed E-state index contributed by atoms with van der Waals surface area (Å²) >= 11 is 0. The number of hydroxylamine groups is 4. The van der Waals surface area contributed by atoms with E-state index in [0.717, 1.165) is 38.6 Å². The number of carbonyl (C=O) groups is 5. The van der Waals surface area contributed by atoms with Crippen molar-refractivity contribution in [1.29, 1.82) is 0 Å². The van der Waals surface area contributed by atoms with Crippen LogP contribution in [0.5, 0.6) is 0 Å². The van der Waals surface area contributed by atoms with E-state index in [1.165, 1.54) is 4.90 Å². The fourth-order valence-corrected chi connectivity index (χ4v) is 7.47. The number of nitrogens with zero attached hydrogens (tertiary/aromatic N) is 5. The lowest BCUT2D eigenvalue weighted by Crippen LogP contribution is -2.52. The third-order valence-electron chi connectivity index (χ3n) is 9.69. The van der Waals surface area contributed by atoms with Crippen molar-refractivity contribution in [1.82, 2.24) is 40.9 Å². The molecule has 0 aliphatic carbocycles. The van der Waals surface area contributed by atoms with Crippen molar-refractivity contribution < 1.29 is 55.6 Å². The van der Waals surface area contributed by atoms with E-state index in [9.17, 15) is 32.4 Å². The molecule has 0 radical (unpaired) electrons. The number of hydrogen-bond acceptors (Lipinski definition) is 12. The molecule has 0 saturated carbocycles. The summed E-state index contributed by atoms with van der Waals surface area (Å²) in [5.74, 6) is -0.757. The number of rotatable bonds is 8. The first-order valence-electron chi connectivity index (χ1n) is 17.4. The van der Waals surface area contributed by atoms with Gasteiger partial charge < -0.3 is 29.7 Å². The first-order valence-corrected chi connectivity index (χ1v) is 18.8. The molecule has 6 saturated heterocycles. The molecule has 7 amide bonds. The van der Waals surface area contributed by atoms with Crippen molar-refractivity contribution in [2.24, 2.45) is 0 Å². The van der Waals surface area contributed by atoms with Crippen LogP contribution in [0.2, 0.25) is 0 Å². The molecule has 6 rings (SSSR count). The van der Waals surface area contributed by atoms with Crippen LogP contribution in [0.3, 0.4) is 0 Å². The minimum Gasteiger partial charge on any atom is -0.444 e. The topological polar surface area (TPSA) is 229 Å². The molecule has 0 aromatic carbocycles. The molecule has 6 fully saturated rings. The monoisotopic (exact) mass is 746 g/mol. The van der Waals surface area contributed by atoms with E-state index in [0.29, 0.717) is 50.5 Å². The van der Waals surface area contributed by atoms with Crippen LogP contribution in [0, 0.1) is 0 Å². The summed E-state index contributed by atoms with van der Waals surface area (Å²) in [5, 5.41) is 3.76. The molecule has 21 heteroatoms. The van der Waals surface area contributed by atoms with Crippen molar-refractivity contribution >= 4 is 40.4 Å². The quantitative estimate of drug-likeness (QED) is 0.191. The summed E-state index contributed by atoms with van der Waals surface area (Å²) < 4.78 is 40.1. The molecule has 51 heavy (non-hydrogen) atoms. The minimum absolute atomic E-state index is 0.105. The van der Waals surface area contributed by atoms with E-state index in [1.807, 2.05) is 20.8 Å². The zero-order valence-electron chi connectivity index (χ0n) is 29.4. The number of amides is 7. The smallest absolute Gasteiger partial charge is 0.418 e. The number of ether oxygens (including phenoxy) is 1. The lowest BCUT2D eigenvalue weighted by atomic mass is 10.0. The van der Waals surface area contributed by atoms with Gasteiger partial charge in [-0.1, -0.05) is 0 Å². The van der Waals surface area contributed by atoms with Gasteiger partial charge in [-0.05, 0) is 78.7 Å². The van der Waals surface area contributed by atoms with Crippen molar-refractivity contribution in [3.63, 3.8) is 0 Å². The molecule has 4 N–H and O–H groups in total. The second-order valence-corrected chi connectivity index (χ2v) is 15.6. The van der Waals surface area contributed by atoms with Gasteiger partial charge in [-0.15, -0.1) is 4.28 Å². The molecule has 0 spiro atoms. The van der Waals surface area contributed by atoms with E-state index in [4.69, 9.17) is 19.0 Å². The molecule has 4 bridgehead atoms. The zero-order valence-corrected chi connectivity index (χ0v) is 30.3. The summed E-state index contributed by atoms with van der Waals surface area (Å²) in [5.41, 5.74) is 4.36. The Morgan fingerprint density at radius 1 is 0.824 bits per heavy atom. The molecule has 0 unspecified atom stereocenters. The zero-order chi connectivity index (χ0) is 37.1. The summed E-state index contributed by atoms with van der Waals surface area (Å²) in [7, 11) is -3.02. The van der Waals surface area contributed by atoms with Crippen molar-refractivity contribution in [2.75, 3.05) is 46.3 Å². The molecule has 6 aliphatic rings. The van der Waals surface area contributed by atoms with Crippen LogP contribution in [0.25, 0.3) is 0 Å². The fraction of sp³-hybridized carbons (Fsp3) is 0.833. The van der Waals surface area contributed by atoms with Crippen LogP contribution in [-0.2, 0) is 38.7 Å². The predicted octanol–water partition coefficient (Wildman–Crippen LogP) is 0.121. The second-order valence-electron chi connectivity index (χ2n) is 14.6. The molecular formula is C30H50N8O12S. The molecular weight excluding hydrogens is 696 g/mol. The maximum absolute atomic E-state index is 12.5. The number of nitrogens with one attached hydrogen (secondary N) is 3. The summed E-state index contributed by atoms with van der Waals surface area (Å²) in [4.78, 5) is 78.5. The van der Waals surface area contributed by atoms with Gasteiger partial charge in [0.05, 0.1) is 24.7 Å². The van der Waals surface area contributed by atoms with Crippen molar-refractivity contribution in [2.45, 2.75) is 114 Å². The van der Waals surface area contributed by atoms with Gasteiger partial charge in [-0.3, -0.25) is 23.8 Å². The van der Waals surface area contributed by atoms with E-state index in [2.05, 4.69) is 20.6 Å². The average molecular weight is 747 g/mol. The highest BCUT2D eigenvalue weighted by atomic mass is 32.3. The van der Waals surface area contributed by atoms with Crippen LogP contribution >= 0.6 is 0 Å². The Morgan fingerprint density at radius 2 is 1.41 bits per heavy atom. The van der Waals surface area contributed by atoms with Gasteiger partial charge in [0, 0.05) is 33.2 Å². The van der Waals surface area contributed by atoms with Gasteiger partial charge in [-0.25, -0.2) is 25.3 Å². The van der Waals surface area contributed by atoms with Gasteiger partial charge >= 0.3 is 28.6 Å². The molecule has 6 heterocycles. The lowest BCUT2D eigenvalue weighted by Gasteiger charge is -2.34. The maximum atomic E-state index is 12.5. The van der Waals surface area contributed by atoms with Gasteiger partial charge in [-0.2, -0.15) is 13.5 Å². The van der Waals surface area contributed by atoms with Crippen molar-refractivity contribution in [3.8, 4) is 0 Å². The van der Waals surface area contributed by atoms with Crippen molar-refractivity contribution in [3.05, 3.63) is 0 Å². The number of piperidine rings is 4. The summed E-state index contributed by atoms with van der Waals surface area (Å²) in [6, 6.07) is -2.46. The largest absolute Gasteiger partial charge is 0.444 e. The van der Waals surface area contributed by atoms with Gasteiger partial charge in [0.1, 0.15) is 23.8 Å². The molecule has 0 aromatic rings. The molecule has 288 valence electrons. The number of likely N-dealkylation sites (tertiary alicyclic amines) is 1. The highest BCUT2D eigenvalue weighted by Crippen LogP contribution is 2.31. The van der Waals surface area contributed by atoms with Crippen LogP contribution < -0.4 is 16.3 Å². The number of hydrogen-bond donors (Lipinski definition) is 4. The molecule has 6 atom stereocenters. The Bertz CT molecular complexity index is 1420. The highest BCUT2D eigenvalue weighted by Gasteiger charge is 2.50. The normalized spacial score (nSPS) is 29.4. The SMILES string of the molecule is CN1C(=O)N2C[C@H]1CC[C@H]2C(=O)NO[C@H]1CCCN(C(=O)OC(C)(C)C)C1.O=C(NO[C@H]1CCCNC1)[C@@H]1CC[C@@H]2CN1C(=O)N2OS(=O)(=O)O. The van der Waals surface area contributed by atoms with Crippen LogP contribution in [0.1, 0.15) is 72.1 Å². The second kappa shape index (κ2) is 16.0. The van der Waals surface area contributed by atoms with Gasteiger partial charge in [0.15, 0.2) is 0 Å². The van der Waals surface area contributed by atoms with Gasteiger partial charge in [0.2, 0.25) is 0 Å².